The maximum atomic E-state index is 12.9. The molecule has 0 aliphatic carbocycles. The number of carbonyl (C=O) groups is 1. The number of amides is 1. The third-order valence-corrected chi connectivity index (χ3v) is 5.96. The Balaban J connectivity index is 1.33. The van der Waals surface area contributed by atoms with Gasteiger partial charge < -0.3 is 9.84 Å². The first-order chi connectivity index (χ1) is 14.6. The predicted molar refractivity (Wildman–Crippen MR) is 116 cm³/mol. The minimum absolute atomic E-state index is 0.164. The van der Waals surface area contributed by atoms with Crippen LogP contribution in [0.15, 0.2) is 53.3 Å². The van der Waals surface area contributed by atoms with Gasteiger partial charge in [-0.3, -0.25) is 14.7 Å². The van der Waals surface area contributed by atoms with E-state index in [0.717, 1.165) is 32.5 Å². The number of hydrogen-bond acceptors (Lipinski definition) is 5. The Morgan fingerprint density at radius 1 is 1.20 bits per heavy atom. The molecule has 156 valence electrons. The Labute approximate surface area is 181 Å². The predicted octanol–water partition coefficient (Wildman–Crippen LogP) is 4.34. The minimum Gasteiger partial charge on any atom is -0.360 e. The Bertz CT molecular complexity index is 997. The Morgan fingerprint density at radius 3 is 2.67 bits per heavy atom. The molecule has 3 heterocycles. The summed E-state index contributed by atoms with van der Waals surface area (Å²) in [7, 11) is 0. The number of carbonyl (C=O) groups excluding carboxylic acids is 1. The number of halogens is 1. The number of pyridine rings is 1. The normalized spacial score (nSPS) is 15.3. The highest BCUT2D eigenvalue weighted by molar-refractivity contribution is 6.33. The second kappa shape index (κ2) is 9.41. The zero-order valence-corrected chi connectivity index (χ0v) is 17.7. The SMILES string of the molecule is Cc1onc(-c2ccccc2Cl)c1C(=O)NCC1CCN(Cc2ccncc2)CC1. The smallest absolute Gasteiger partial charge is 0.257 e. The van der Waals surface area contributed by atoms with E-state index in [2.05, 4.69) is 32.5 Å². The first-order valence-corrected chi connectivity index (χ1v) is 10.6. The fraction of sp³-hybridized carbons (Fsp3) is 0.348. The summed E-state index contributed by atoms with van der Waals surface area (Å²) >= 11 is 6.29. The molecule has 7 heteroatoms. The summed E-state index contributed by atoms with van der Waals surface area (Å²) in [5.74, 6) is 0.795. The molecule has 3 aromatic rings. The van der Waals surface area contributed by atoms with Crippen molar-refractivity contribution >= 4 is 17.5 Å². The van der Waals surface area contributed by atoms with Crippen molar-refractivity contribution in [2.24, 2.45) is 5.92 Å². The highest BCUT2D eigenvalue weighted by atomic mass is 35.5. The molecule has 0 unspecified atom stereocenters. The van der Waals surface area contributed by atoms with E-state index >= 15 is 0 Å². The van der Waals surface area contributed by atoms with Crippen LogP contribution >= 0.6 is 11.6 Å². The monoisotopic (exact) mass is 424 g/mol. The molecule has 6 nitrogen and oxygen atoms in total. The molecule has 1 fully saturated rings. The first kappa shape index (κ1) is 20.6. The number of likely N-dealkylation sites (tertiary alicyclic amines) is 1. The lowest BCUT2D eigenvalue weighted by Crippen LogP contribution is -2.38. The van der Waals surface area contributed by atoms with Crippen molar-refractivity contribution in [3.8, 4) is 11.3 Å². The van der Waals surface area contributed by atoms with E-state index in [4.69, 9.17) is 16.1 Å². The Morgan fingerprint density at radius 2 is 1.93 bits per heavy atom. The fourth-order valence-electron chi connectivity index (χ4n) is 3.90. The maximum absolute atomic E-state index is 12.9. The molecule has 1 amide bonds. The van der Waals surface area contributed by atoms with Gasteiger partial charge in [0, 0.05) is 31.0 Å². The van der Waals surface area contributed by atoms with Crippen LogP contribution in [0.2, 0.25) is 5.02 Å². The summed E-state index contributed by atoms with van der Waals surface area (Å²) in [6.45, 7) is 5.40. The second-order valence-electron chi connectivity index (χ2n) is 7.73. The summed E-state index contributed by atoms with van der Waals surface area (Å²) in [6.07, 6.45) is 5.79. The van der Waals surface area contributed by atoms with E-state index in [9.17, 15) is 4.79 Å². The number of piperidine rings is 1. The number of nitrogens with one attached hydrogen (secondary N) is 1. The van der Waals surface area contributed by atoms with Gasteiger partial charge in [0.2, 0.25) is 0 Å². The molecule has 0 radical (unpaired) electrons. The molecule has 30 heavy (non-hydrogen) atoms. The van der Waals surface area contributed by atoms with Crippen molar-refractivity contribution in [3.05, 3.63) is 70.7 Å². The Kier molecular flexibility index (Phi) is 6.45. The van der Waals surface area contributed by atoms with Gasteiger partial charge >= 0.3 is 0 Å². The number of rotatable bonds is 6. The van der Waals surface area contributed by atoms with Crippen molar-refractivity contribution in [1.82, 2.24) is 20.4 Å². The van der Waals surface area contributed by atoms with Gasteiger partial charge in [-0.15, -0.1) is 0 Å². The average Bonchev–Trinajstić information content (AvgIpc) is 3.15. The fourth-order valence-corrected chi connectivity index (χ4v) is 4.12. The van der Waals surface area contributed by atoms with E-state index in [0.29, 0.717) is 40.1 Å². The molecule has 0 bridgehead atoms. The van der Waals surface area contributed by atoms with Gasteiger partial charge in [-0.05, 0) is 62.5 Å². The highest BCUT2D eigenvalue weighted by Crippen LogP contribution is 2.31. The van der Waals surface area contributed by atoms with Crippen LogP contribution < -0.4 is 5.32 Å². The van der Waals surface area contributed by atoms with E-state index < -0.39 is 0 Å². The number of aromatic nitrogens is 2. The summed E-state index contributed by atoms with van der Waals surface area (Å²) in [5, 5.41) is 7.71. The molecule has 1 saturated heterocycles. The Hall–Kier alpha value is -2.70. The number of nitrogens with zero attached hydrogens (tertiary/aromatic N) is 3. The van der Waals surface area contributed by atoms with Crippen LogP contribution in [0.25, 0.3) is 11.3 Å². The summed E-state index contributed by atoms with van der Waals surface area (Å²) in [6, 6.07) is 11.5. The van der Waals surface area contributed by atoms with Gasteiger partial charge in [-0.2, -0.15) is 0 Å². The maximum Gasteiger partial charge on any atom is 0.257 e. The van der Waals surface area contributed by atoms with Crippen molar-refractivity contribution < 1.29 is 9.32 Å². The molecular weight excluding hydrogens is 400 g/mol. The molecule has 0 atom stereocenters. The van der Waals surface area contributed by atoms with Gasteiger partial charge in [0.05, 0.1) is 5.02 Å². The van der Waals surface area contributed by atoms with Gasteiger partial charge in [0.15, 0.2) is 0 Å². The van der Waals surface area contributed by atoms with Crippen molar-refractivity contribution in [2.45, 2.75) is 26.3 Å². The van der Waals surface area contributed by atoms with Crippen LogP contribution in [0, 0.1) is 12.8 Å². The van der Waals surface area contributed by atoms with E-state index in [-0.39, 0.29) is 5.91 Å². The van der Waals surface area contributed by atoms with E-state index in [1.54, 1.807) is 13.0 Å². The van der Waals surface area contributed by atoms with Crippen LogP contribution in [0.1, 0.15) is 34.5 Å². The highest BCUT2D eigenvalue weighted by Gasteiger charge is 2.25. The van der Waals surface area contributed by atoms with Gasteiger partial charge in [-0.1, -0.05) is 35.0 Å². The molecule has 1 aromatic carbocycles. The quantitative estimate of drug-likeness (QED) is 0.637. The summed E-state index contributed by atoms with van der Waals surface area (Å²) < 4.78 is 5.31. The third-order valence-electron chi connectivity index (χ3n) is 5.63. The van der Waals surface area contributed by atoms with Crippen LogP contribution in [0.5, 0.6) is 0 Å². The van der Waals surface area contributed by atoms with Crippen LogP contribution in [0.3, 0.4) is 0 Å². The second-order valence-corrected chi connectivity index (χ2v) is 8.13. The van der Waals surface area contributed by atoms with Crippen LogP contribution in [-0.2, 0) is 6.54 Å². The van der Waals surface area contributed by atoms with Crippen LogP contribution in [-0.4, -0.2) is 40.6 Å². The first-order valence-electron chi connectivity index (χ1n) is 10.2. The number of hydrogen-bond donors (Lipinski definition) is 1. The molecule has 0 spiro atoms. The third kappa shape index (κ3) is 4.71. The van der Waals surface area contributed by atoms with Gasteiger partial charge in [-0.25, -0.2) is 0 Å². The molecular formula is C23H25ClN4O2. The number of aryl methyl sites for hydroxylation is 1. The lowest BCUT2D eigenvalue weighted by atomic mass is 9.96. The molecule has 1 aliphatic rings. The molecule has 0 saturated carbocycles. The van der Waals surface area contributed by atoms with Crippen molar-refractivity contribution in [2.75, 3.05) is 19.6 Å². The largest absolute Gasteiger partial charge is 0.360 e. The van der Waals surface area contributed by atoms with E-state index in [1.165, 1.54) is 5.56 Å². The van der Waals surface area contributed by atoms with E-state index in [1.807, 2.05) is 30.6 Å². The van der Waals surface area contributed by atoms with Gasteiger partial charge in [0.25, 0.3) is 5.91 Å². The zero-order valence-electron chi connectivity index (χ0n) is 17.0. The topological polar surface area (TPSA) is 71.3 Å². The minimum atomic E-state index is -0.164. The average molecular weight is 425 g/mol. The van der Waals surface area contributed by atoms with Crippen molar-refractivity contribution in [3.63, 3.8) is 0 Å². The molecule has 1 aliphatic heterocycles. The lowest BCUT2D eigenvalue weighted by Gasteiger charge is -2.32. The standard InChI is InChI=1S/C23H25ClN4O2/c1-16-21(22(27-30-16)19-4-2-3-5-20(19)24)23(29)26-14-17-8-12-28(13-9-17)15-18-6-10-25-11-7-18/h2-7,10-11,17H,8-9,12-15H2,1H3,(H,26,29). The van der Waals surface area contributed by atoms with Crippen LogP contribution in [0.4, 0.5) is 0 Å². The molecule has 2 aromatic heterocycles. The molecule has 1 N–H and O–H groups in total. The lowest BCUT2D eigenvalue weighted by molar-refractivity contribution is 0.0934. The summed E-state index contributed by atoms with van der Waals surface area (Å²) in [4.78, 5) is 19.4. The zero-order chi connectivity index (χ0) is 20.9. The van der Waals surface area contributed by atoms with Crippen molar-refractivity contribution in [1.29, 1.82) is 0 Å². The number of benzene rings is 1. The summed E-state index contributed by atoms with van der Waals surface area (Å²) in [5.41, 5.74) is 2.93. The molecule has 4 rings (SSSR count). The van der Waals surface area contributed by atoms with Gasteiger partial charge in [0.1, 0.15) is 17.0 Å².